The Labute approximate surface area is 208 Å². The zero-order valence-electron chi connectivity index (χ0n) is 18.9. The third-order valence-electron chi connectivity index (χ3n) is 5.64. The molecule has 0 aliphatic heterocycles. The SMILES string of the molecule is O=C(CSc1ccccc1C(=O)Nc1ccnc(Sc2ccccn2)c1)NCC1CCCCC1. The van der Waals surface area contributed by atoms with Crippen LogP contribution in [0.25, 0.3) is 0 Å². The number of benzene rings is 1. The summed E-state index contributed by atoms with van der Waals surface area (Å²) in [6.45, 7) is 0.752. The van der Waals surface area contributed by atoms with Crippen LogP contribution in [0.5, 0.6) is 0 Å². The zero-order valence-corrected chi connectivity index (χ0v) is 20.5. The van der Waals surface area contributed by atoms with Crippen LogP contribution in [0.1, 0.15) is 42.5 Å². The molecule has 1 aromatic carbocycles. The number of thioether (sulfide) groups is 1. The van der Waals surface area contributed by atoms with E-state index in [0.717, 1.165) is 21.5 Å². The molecule has 176 valence electrons. The molecule has 0 atom stereocenters. The van der Waals surface area contributed by atoms with Gasteiger partial charge in [-0.1, -0.05) is 49.2 Å². The standard InChI is InChI=1S/C26H28N4O2S2/c31-23(29-17-19-8-2-1-3-9-19)18-33-22-11-5-4-10-21(22)26(32)30-20-13-15-28-25(16-20)34-24-12-6-7-14-27-24/h4-7,10-16,19H,1-3,8-9,17-18H2,(H,29,31)(H,28,30,32). The second-order valence-corrected chi connectivity index (χ2v) is 10.3. The van der Waals surface area contributed by atoms with Gasteiger partial charge >= 0.3 is 0 Å². The topological polar surface area (TPSA) is 84.0 Å². The summed E-state index contributed by atoms with van der Waals surface area (Å²) in [5.74, 6) is 0.681. The molecular weight excluding hydrogens is 464 g/mol. The molecule has 0 radical (unpaired) electrons. The Morgan fingerprint density at radius 3 is 2.53 bits per heavy atom. The van der Waals surface area contributed by atoms with Crippen molar-refractivity contribution in [2.45, 2.75) is 47.1 Å². The van der Waals surface area contributed by atoms with E-state index in [0.29, 0.717) is 17.2 Å². The first-order chi connectivity index (χ1) is 16.7. The molecule has 2 N–H and O–H groups in total. The number of nitrogens with zero attached hydrogens (tertiary/aromatic N) is 2. The van der Waals surface area contributed by atoms with E-state index in [1.165, 1.54) is 55.6 Å². The fraction of sp³-hybridized carbons (Fsp3) is 0.308. The number of carbonyl (C=O) groups is 2. The highest BCUT2D eigenvalue weighted by atomic mass is 32.2. The molecule has 34 heavy (non-hydrogen) atoms. The minimum Gasteiger partial charge on any atom is -0.355 e. The van der Waals surface area contributed by atoms with Gasteiger partial charge in [-0.15, -0.1) is 11.8 Å². The van der Waals surface area contributed by atoms with Gasteiger partial charge in [-0.25, -0.2) is 9.97 Å². The van der Waals surface area contributed by atoms with Gasteiger partial charge in [0, 0.05) is 29.5 Å². The molecular formula is C26H28N4O2S2. The molecule has 4 rings (SSSR count). The van der Waals surface area contributed by atoms with Crippen molar-refractivity contribution < 1.29 is 9.59 Å². The predicted molar refractivity (Wildman–Crippen MR) is 137 cm³/mol. The van der Waals surface area contributed by atoms with Crippen LogP contribution in [0.15, 0.2) is 81.9 Å². The summed E-state index contributed by atoms with van der Waals surface area (Å²) < 4.78 is 0. The highest BCUT2D eigenvalue weighted by Gasteiger charge is 2.16. The monoisotopic (exact) mass is 492 g/mol. The van der Waals surface area contributed by atoms with Gasteiger partial charge in [0.1, 0.15) is 10.1 Å². The first kappa shape index (κ1) is 24.3. The molecule has 0 bridgehead atoms. The highest BCUT2D eigenvalue weighted by Crippen LogP contribution is 2.27. The van der Waals surface area contributed by atoms with E-state index in [-0.39, 0.29) is 17.6 Å². The van der Waals surface area contributed by atoms with Crippen molar-refractivity contribution in [3.63, 3.8) is 0 Å². The minimum absolute atomic E-state index is 0.0103. The van der Waals surface area contributed by atoms with E-state index in [4.69, 9.17) is 0 Å². The lowest BCUT2D eigenvalue weighted by atomic mass is 9.89. The van der Waals surface area contributed by atoms with Crippen molar-refractivity contribution in [3.05, 3.63) is 72.6 Å². The highest BCUT2D eigenvalue weighted by molar-refractivity contribution is 8.00. The van der Waals surface area contributed by atoms with Crippen LogP contribution in [0.2, 0.25) is 0 Å². The summed E-state index contributed by atoms with van der Waals surface area (Å²) >= 11 is 2.82. The van der Waals surface area contributed by atoms with Crippen molar-refractivity contribution >= 4 is 41.0 Å². The first-order valence-electron chi connectivity index (χ1n) is 11.5. The van der Waals surface area contributed by atoms with Crippen LogP contribution < -0.4 is 10.6 Å². The predicted octanol–water partition coefficient (Wildman–Crippen LogP) is 5.67. The second kappa shape index (κ2) is 12.6. The fourth-order valence-corrected chi connectivity index (χ4v) is 5.53. The van der Waals surface area contributed by atoms with Crippen molar-refractivity contribution in [1.82, 2.24) is 15.3 Å². The Bertz CT molecular complexity index is 1100. The minimum atomic E-state index is -0.217. The van der Waals surface area contributed by atoms with Crippen LogP contribution in [0.4, 0.5) is 5.69 Å². The molecule has 1 aliphatic rings. The van der Waals surface area contributed by atoms with Gasteiger partial charge in [0.2, 0.25) is 5.91 Å². The van der Waals surface area contributed by atoms with Gasteiger partial charge in [-0.05, 0) is 55.2 Å². The molecule has 8 heteroatoms. The summed E-state index contributed by atoms with van der Waals surface area (Å²) in [6.07, 6.45) is 9.64. The molecule has 0 spiro atoms. The molecule has 2 amide bonds. The lowest BCUT2D eigenvalue weighted by Crippen LogP contribution is -2.31. The smallest absolute Gasteiger partial charge is 0.256 e. The number of pyridine rings is 2. The third kappa shape index (κ3) is 7.33. The van der Waals surface area contributed by atoms with Crippen molar-refractivity contribution in [1.29, 1.82) is 0 Å². The van der Waals surface area contributed by atoms with E-state index in [9.17, 15) is 9.59 Å². The Morgan fingerprint density at radius 1 is 0.912 bits per heavy atom. The van der Waals surface area contributed by atoms with Crippen LogP contribution in [-0.2, 0) is 4.79 Å². The van der Waals surface area contributed by atoms with Gasteiger partial charge < -0.3 is 10.6 Å². The Hall–Kier alpha value is -2.84. The maximum absolute atomic E-state index is 13.0. The number of aromatic nitrogens is 2. The number of anilines is 1. The molecule has 1 aliphatic carbocycles. The summed E-state index contributed by atoms with van der Waals surface area (Å²) in [4.78, 5) is 34.8. The Balaban J connectivity index is 1.33. The first-order valence-corrected chi connectivity index (χ1v) is 13.3. The van der Waals surface area contributed by atoms with E-state index >= 15 is 0 Å². The molecule has 2 heterocycles. The van der Waals surface area contributed by atoms with Gasteiger partial charge in [-0.2, -0.15) is 0 Å². The Morgan fingerprint density at radius 2 is 1.71 bits per heavy atom. The quantitative estimate of drug-likeness (QED) is 0.375. The van der Waals surface area contributed by atoms with Gasteiger partial charge in [0.25, 0.3) is 5.91 Å². The van der Waals surface area contributed by atoms with E-state index < -0.39 is 0 Å². The normalized spacial score (nSPS) is 13.9. The van der Waals surface area contributed by atoms with Crippen molar-refractivity contribution in [2.24, 2.45) is 5.92 Å². The average Bonchev–Trinajstić information content (AvgIpc) is 2.88. The molecule has 1 fully saturated rings. The zero-order chi connectivity index (χ0) is 23.6. The summed E-state index contributed by atoms with van der Waals surface area (Å²) in [5.41, 5.74) is 1.20. The number of carbonyl (C=O) groups excluding carboxylic acids is 2. The number of amides is 2. The summed E-state index contributed by atoms with van der Waals surface area (Å²) in [5, 5.41) is 7.60. The summed E-state index contributed by atoms with van der Waals surface area (Å²) in [6, 6.07) is 16.7. The van der Waals surface area contributed by atoms with Crippen LogP contribution in [0.3, 0.4) is 0 Å². The third-order valence-corrected chi connectivity index (χ3v) is 7.60. The van der Waals surface area contributed by atoms with E-state index in [1.54, 1.807) is 24.5 Å². The number of rotatable bonds is 9. The fourth-order valence-electron chi connectivity index (χ4n) is 3.88. The van der Waals surface area contributed by atoms with Crippen molar-refractivity contribution in [3.8, 4) is 0 Å². The number of nitrogens with one attached hydrogen (secondary N) is 2. The van der Waals surface area contributed by atoms with Gasteiger partial charge in [0.15, 0.2) is 0 Å². The van der Waals surface area contributed by atoms with Gasteiger partial charge in [-0.3, -0.25) is 9.59 Å². The Kier molecular flexibility index (Phi) is 8.98. The molecule has 0 saturated heterocycles. The maximum atomic E-state index is 13.0. The molecule has 6 nitrogen and oxygen atoms in total. The number of hydrogen-bond acceptors (Lipinski definition) is 6. The molecule has 0 unspecified atom stereocenters. The lowest BCUT2D eigenvalue weighted by Gasteiger charge is -2.21. The second-order valence-electron chi connectivity index (χ2n) is 8.20. The van der Waals surface area contributed by atoms with E-state index in [1.807, 2.05) is 42.5 Å². The van der Waals surface area contributed by atoms with Crippen molar-refractivity contribution in [2.75, 3.05) is 17.6 Å². The largest absolute Gasteiger partial charge is 0.355 e. The maximum Gasteiger partial charge on any atom is 0.256 e. The average molecular weight is 493 g/mol. The van der Waals surface area contributed by atoms with E-state index in [2.05, 4.69) is 20.6 Å². The van der Waals surface area contributed by atoms with Crippen LogP contribution in [0, 0.1) is 5.92 Å². The molecule has 2 aromatic heterocycles. The number of hydrogen-bond donors (Lipinski definition) is 2. The van der Waals surface area contributed by atoms with Crippen LogP contribution in [-0.4, -0.2) is 34.1 Å². The summed E-state index contributed by atoms with van der Waals surface area (Å²) in [7, 11) is 0. The van der Waals surface area contributed by atoms with Gasteiger partial charge in [0.05, 0.1) is 11.3 Å². The lowest BCUT2D eigenvalue weighted by molar-refractivity contribution is -0.118. The van der Waals surface area contributed by atoms with Crippen LogP contribution >= 0.6 is 23.5 Å². The molecule has 3 aromatic rings. The molecule has 1 saturated carbocycles.